The number of pyridine rings is 1. The predicted molar refractivity (Wildman–Crippen MR) is 132 cm³/mol. The highest BCUT2D eigenvalue weighted by molar-refractivity contribution is 6.31. The van der Waals surface area contributed by atoms with Crippen molar-refractivity contribution in [1.82, 2.24) is 19.8 Å². The van der Waals surface area contributed by atoms with E-state index in [0.717, 1.165) is 11.7 Å². The maximum Gasteiger partial charge on any atom is 0.251 e. The molecule has 35 heavy (non-hydrogen) atoms. The SMILES string of the molecule is CC(C)(O)CNC(=O)c1cc(Cl)cc(-n2ccc3cc(C=O)cnc32)c1.CN1CCC(F)(F)CC1. The summed E-state index contributed by atoms with van der Waals surface area (Å²) in [7, 11) is 1.87. The van der Waals surface area contributed by atoms with E-state index >= 15 is 0 Å². The maximum absolute atomic E-state index is 12.4. The Labute approximate surface area is 207 Å². The standard InChI is InChI=1S/C19H18ClN3O3.C6H11F2N/c1-19(2,26)11-22-18(25)14-6-15(20)8-16(7-14)23-4-3-13-5-12(10-24)9-21-17(13)23;1-9-4-2-6(7,8)3-5-9/h3-10,26H,11H2,1-2H3,(H,22,25);2-5H2,1H3. The van der Waals surface area contributed by atoms with Gasteiger partial charge in [0.05, 0.1) is 5.60 Å². The Bertz CT molecular complexity index is 1200. The lowest BCUT2D eigenvalue weighted by Crippen LogP contribution is -2.38. The summed E-state index contributed by atoms with van der Waals surface area (Å²) in [6.45, 7) is 4.42. The van der Waals surface area contributed by atoms with Crippen molar-refractivity contribution in [3.8, 4) is 5.69 Å². The lowest BCUT2D eigenvalue weighted by Gasteiger charge is -2.28. The number of hydrogen-bond donors (Lipinski definition) is 2. The van der Waals surface area contributed by atoms with Crippen LogP contribution in [0.5, 0.6) is 0 Å². The number of carbonyl (C=O) groups is 2. The minimum Gasteiger partial charge on any atom is -0.389 e. The van der Waals surface area contributed by atoms with Gasteiger partial charge in [0.1, 0.15) is 5.65 Å². The molecule has 2 aromatic heterocycles. The number of carbonyl (C=O) groups excluding carboxylic acids is 2. The summed E-state index contributed by atoms with van der Waals surface area (Å²) in [5.41, 5.74) is 1.19. The molecule has 1 fully saturated rings. The highest BCUT2D eigenvalue weighted by Crippen LogP contribution is 2.26. The maximum atomic E-state index is 12.4. The second-order valence-corrected chi connectivity index (χ2v) is 9.77. The van der Waals surface area contributed by atoms with Crippen LogP contribution in [0.25, 0.3) is 16.7 Å². The molecule has 1 saturated heterocycles. The number of aldehydes is 1. The second-order valence-electron chi connectivity index (χ2n) is 9.34. The fourth-order valence-electron chi connectivity index (χ4n) is 3.50. The second kappa shape index (κ2) is 10.8. The zero-order valence-corrected chi connectivity index (χ0v) is 20.6. The highest BCUT2D eigenvalue weighted by Gasteiger charge is 2.32. The fourth-order valence-corrected chi connectivity index (χ4v) is 3.73. The largest absolute Gasteiger partial charge is 0.389 e. The number of hydrogen-bond acceptors (Lipinski definition) is 5. The molecule has 0 saturated carbocycles. The minimum atomic E-state index is -2.38. The minimum absolute atomic E-state index is 0.0312. The first-order valence-corrected chi connectivity index (χ1v) is 11.5. The Hall–Kier alpha value is -2.88. The van der Waals surface area contributed by atoms with Gasteiger partial charge in [-0.25, -0.2) is 13.8 Å². The van der Waals surface area contributed by atoms with E-state index in [1.165, 1.54) is 6.20 Å². The number of alkyl halides is 2. The third kappa shape index (κ3) is 7.55. The van der Waals surface area contributed by atoms with Gasteiger partial charge in [-0.2, -0.15) is 0 Å². The number of rotatable bonds is 5. The average Bonchev–Trinajstić information content (AvgIpc) is 3.22. The molecule has 0 radical (unpaired) electrons. The van der Waals surface area contributed by atoms with Gasteiger partial charge in [0, 0.05) is 72.1 Å². The van der Waals surface area contributed by atoms with E-state index < -0.39 is 11.5 Å². The monoisotopic (exact) mass is 506 g/mol. The van der Waals surface area contributed by atoms with Crippen molar-refractivity contribution in [1.29, 1.82) is 0 Å². The summed E-state index contributed by atoms with van der Waals surface area (Å²) >= 11 is 6.19. The number of halogens is 3. The molecule has 0 aliphatic carbocycles. The van der Waals surface area contributed by atoms with Crippen molar-refractivity contribution in [2.45, 2.75) is 38.2 Å². The third-order valence-electron chi connectivity index (χ3n) is 5.51. The molecule has 1 aromatic carbocycles. The van der Waals surface area contributed by atoms with Crippen LogP contribution in [0, 0.1) is 0 Å². The first-order chi connectivity index (χ1) is 16.4. The Morgan fingerprint density at radius 3 is 2.54 bits per heavy atom. The molecule has 0 unspecified atom stereocenters. The van der Waals surface area contributed by atoms with E-state index in [0.29, 0.717) is 40.6 Å². The number of aromatic nitrogens is 2. The summed E-state index contributed by atoms with van der Waals surface area (Å²) in [6.07, 6.45) is 4.10. The molecule has 2 N–H and O–H groups in total. The van der Waals surface area contributed by atoms with Crippen LogP contribution in [0.3, 0.4) is 0 Å². The number of nitrogens with zero attached hydrogens (tertiary/aromatic N) is 3. The molecule has 0 bridgehead atoms. The van der Waals surface area contributed by atoms with Gasteiger partial charge in [-0.3, -0.25) is 9.59 Å². The first kappa shape index (κ1) is 26.7. The molecule has 0 atom stereocenters. The Balaban J connectivity index is 0.000000320. The van der Waals surface area contributed by atoms with Gasteiger partial charge in [0.15, 0.2) is 6.29 Å². The van der Waals surface area contributed by atoms with E-state index in [1.54, 1.807) is 48.9 Å². The number of piperidine rings is 1. The van der Waals surface area contributed by atoms with Gasteiger partial charge in [0.2, 0.25) is 0 Å². The summed E-state index contributed by atoms with van der Waals surface area (Å²) in [4.78, 5) is 29.5. The van der Waals surface area contributed by atoms with Crippen molar-refractivity contribution >= 4 is 34.8 Å². The molecule has 10 heteroatoms. The van der Waals surface area contributed by atoms with E-state index in [9.17, 15) is 23.5 Å². The average molecular weight is 507 g/mol. The van der Waals surface area contributed by atoms with E-state index in [2.05, 4.69) is 10.3 Å². The van der Waals surface area contributed by atoms with Crippen LogP contribution < -0.4 is 5.32 Å². The molecular formula is C25H29ClF2N4O3. The number of aliphatic hydroxyl groups is 1. The van der Waals surface area contributed by atoms with Gasteiger partial charge in [-0.15, -0.1) is 0 Å². The molecular weight excluding hydrogens is 478 g/mol. The molecule has 4 rings (SSSR count). The van der Waals surface area contributed by atoms with Gasteiger partial charge in [-0.1, -0.05) is 11.6 Å². The van der Waals surface area contributed by atoms with E-state index in [1.807, 2.05) is 18.0 Å². The lowest BCUT2D eigenvalue weighted by molar-refractivity contribution is -0.0504. The van der Waals surface area contributed by atoms with E-state index in [-0.39, 0.29) is 25.3 Å². The van der Waals surface area contributed by atoms with Gasteiger partial charge in [-0.05, 0) is 51.2 Å². The zero-order valence-electron chi connectivity index (χ0n) is 19.9. The van der Waals surface area contributed by atoms with E-state index in [4.69, 9.17) is 11.6 Å². The summed E-state index contributed by atoms with van der Waals surface area (Å²) in [6, 6.07) is 8.56. The predicted octanol–water partition coefficient (Wildman–Crippen LogP) is 4.34. The summed E-state index contributed by atoms with van der Waals surface area (Å²) < 4.78 is 26.5. The number of fused-ring (bicyclic) bond motifs is 1. The van der Waals surface area contributed by atoms with Gasteiger partial charge in [0.25, 0.3) is 11.8 Å². The smallest absolute Gasteiger partial charge is 0.251 e. The van der Waals surface area contributed by atoms with Crippen molar-refractivity contribution in [3.05, 3.63) is 58.9 Å². The Morgan fingerprint density at radius 2 is 1.94 bits per heavy atom. The van der Waals surface area contributed by atoms with Crippen LogP contribution in [-0.2, 0) is 0 Å². The van der Waals surface area contributed by atoms with Crippen LogP contribution in [0.4, 0.5) is 8.78 Å². The summed E-state index contributed by atoms with van der Waals surface area (Å²) in [5.74, 6) is -2.71. The molecule has 3 heterocycles. The fraction of sp³-hybridized carbons (Fsp3) is 0.400. The third-order valence-corrected chi connectivity index (χ3v) is 5.72. The molecule has 0 spiro atoms. The lowest BCUT2D eigenvalue weighted by atomic mass is 10.1. The number of amides is 1. The number of likely N-dealkylation sites (tertiary alicyclic amines) is 1. The first-order valence-electron chi connectivity index (χ1n) is 11.2. The number of nitrogens with one attached hydrogen (secondary N) is 1. The van der Waals surface area contributed by atoms with Crippen molar-refractivity contribution < 1.29 is 23.5 Å². The molecule has 3 aromatic rings. The van der Waals surface area contributed by atoms with Crippen LogP contribution in [-0.4, -0.2) is 70.0 Å². The zero-order chi connectivity index (χ0) is 25.8. The van der Waals surface area contributed by atoms with Crippen LogP contribution >= 0.6 is 11.6 Å². The Morgan fingerprint density at radius 1 is 1.26 bits per heavy atom. The van der Waals surface area contributed by atoms with Gasteiger partial charge >= 0.3 is 0 Å². The molecule has 7 nitrogen and oxygen atoms in total. The van der Waals surface area contributed by atoms with Gasteiger partial charge < -0.3 is 19.9 Å². The quantitative estimate of drug-likeness (QED) is 0.503. The molecule has 1 aliphatic rings. The Kier molecular flexibility index (Phi) is 8.25. The van der Waals surface area contributed by atoms with Crippen molar-refractivity contribution in [2.75, 3.05) is 26.7 Å². The van der Waals surface area contributed by atoms with Crippen molar-refractivity contribution in [3.63, 3.8) is 0 Å². The van der Waals surface area contributed by atoms with Crippen LogP contribution in [0.1, 0.15) is 47.4 Å². The normalized spacial score (nSPS) is 15.9. The topological polar surface area (TPSA) is 87.5 Å². The molecule has 1 amide bonds. The molecule has 1 aliphatic heterocycles. The van der Waals surface area contributed by atoms with Crippen molar-refractivity contribution in [2.24, 2.45) is 0 Å². The van der Waals surface area contributed by atoms with Crippen LogP contribution in [0.2, 0.25) is 5.02 Å². The highest BCUT2D eigenvalue weighted by atomic mass is 35.5. The number of benzene rings is 1. The van der Waals surface area contributed by atoms with Crippen LogP contribution in [0.15, 0.2) is 42.7 Å². The molecule has 188 valence electrons. The summed E-state index contributed by atoms with van der Waals surface area (Å²) in [5, 5.41) is 13.6.